The molecule has 1 amide bonds. The van der Waals surface area contributed by atoms with Crippen LogP contribution in [-0.2, 0) is 11.3 Å². The van der Waals surface area contributed by atoms with E-state index in [1.807, 2.05) is 25.1 Å². The van der Waals surface area contributed by atoms with Crippen LogP contribution in [0.5, 0.6) is 5.75 Å². The molecule has 4 rings (SSSR count). The maximum absolute atomic E-state index is 14.0. The number of piperidine rings is 1. The number of methoxy groups -OCH3 is 1. The molecule has 1 atom stereocenters. The molecule has 0 saturated carbocycles. The molecule has 33 heavy (non-hydrogen) atoms. The van der Waals surface area contributed by atoms with Gasteiger partial charge in [-0.1, -0.05) is 6.07 Å². The number of carbonyl (C=O) groups is 1. The first-order valence-corrected chi connectivity index (χ1v) is 12.0. The van der Waals surface area contributed by atoms with Crippen LogP contribution in [0.15, 0.2) is 42.5 Å². The van der Waals surface area contributed by atoms with Crippen molar-refractivity contribution in [3.8, 4) is 5.75 Å². The Morgan fingerprint density at radius 2 is 1.70 bits per heavy atom. The van der Waals surface area contributed by atoms with Gasteiger partial charge in [0.05, 0.1) is 13.2 Å². The van der Waals surface area contributed by atoms with Crippen LogP contribution in [0.2, 0.25) is 0 Å². The summed E-state index contributed by atoms with van der Waals surface area (Å²) in [4.78, 5) is 19.8. The number of halogens is 1. The Labute approximate surface area is 196 Å². The van der Waals surface area contributed by atoms with Gasteiger partial charge < -0.3 is 15.0 Å². The van der Waals surface area contributed by atoms with Gasteiger partial charge in [0.2, 0.25) is 5.91 Å². The third-order valence-electron chi connectivity index (χ3n) is 6.81. The summed E-state index contributed by atoms with van der Waals surface area (Å²) in [6.45, 7) is 8.18. The molecule has 2 aliphatic heterocycles. The molecule has 2 heterocycles. The number of nitrogens with zero attached hydrogens (tertiary/aromatic N) is 3. The minimum atomic E-state index is -0.331. The Kier molecular flexibility index (Phi) is 7.83. The van der Waals surface area contributed by atoms with Crippen molar-refractivity contribution in [2.45, 2.75) is 38.8 Å². The van der Waals surface area contributed by atoms with Gasteiger partial charge in [0, 0.05) is 57.2 Å². The molecule has 0 aromatic heterocycles. The SMILES string of the molecule is COc1ccc(CN2CCN([C@H](C)C(=O)Nc3ccc(N4CCCCC4)cc3)CC2)cc1F. The number of hydrogen-bond donors (Lipinski definition) is 1. The maximum atomic E-state index is 14.0. The Balaban J connectivity index is 1.24. The fraction of sp³-hybridized carbons (Fsp3) is 0.500. The molecule has 178 valence electrons. The van der Waals surface area contributed by atoms with Gasteiger partial charge in [-0.15, -0.1) is 0 Å². The van der Waals surface area contributed by atoms with Crippen LogP contribution in [-0.4, -0.2) is 68.1 Å². The van der Waals surface area contributed by atoms with E-state index >= 15 is 0 Å². The fourth-order valence-electron chi connectivity index (χ4n) is 4.70. The summed E-state index contributed by atoms with van der Waals surface area (Å²) in [6, 6.07) is 13.1. The second kappa shape index (κ2) is 11.0. The summed E-state index contributed by atoms with van der Waals surface area (Å²) >= 11 is 0. The van der Waals surface area contributed by atoms with Gasteiger partial charge in [-0.05, 0) is 68.1 Å². The highest BCUT2D eigenvalue weighted by Crippen LogP contribution is 2.23. The van der Waals surface area contributed by atoms with Crippen molar-refractivity contribution in [3.05, 3.63) is 53.8 Å². The molecule has 6 nitrogen and oxygen atoms in total. The third-order valence-corrected chi connectivity index (χ3v) is 6.81. The molecular formula is C26H35FN4O2. The number of carbonyl (C=O) groups excluding carboxylic acids is 1. The van der Waals surface area contributed by atoms with E-state index in [0.717, 1.165) is 50.5 Å². The lowest BCUT2D eigenvalue weighted by Crippen LogP contribution is -2.52. The molecule has 1 N–H and O–H groups in total. The molecule has 2 saturated heterocycles. The van der Waals surface area contributed by atoms with E-state index in [0.29, 0.717) is 6.54 Å². The van der Waals surface area contributed by atoms with E-state index in [4.69, 9.17) is 4.74 Å². The van der Waals surface area contributed by atoms with Crippen molar-refractivity contribution in [3.63, 3.8) is 0 Å². The van der Waals surface area contributed by atoms with Crippen LogP contribution in [0, 0.1) is 5.82 Å². The lowest BCUT2D eigenvalue weighted by molar-refractivity contribution is -0.121. The third kappa shape index (κ3) is 6.03. The topological polar surface area (TPSA) is 48.1 Å². The van der Waals surface area contributed by atoms with Crippen molar-refractivity contribution in [2.24, 2.45) is 0 Å². The number of rotatable bonds is 7. The summed E-state index contributed by atoms with van der Waals surface area (Å²) < 4.78 is 19.0. The predicted octanol–water partition coefficient (Wildman–Crippen LogP) is 3.97. The second-order valence-corrected chi connectivity index (χ2v) is 9.04. The summed E-state index contributed by atoms with van der Waals surface area (Å²) in [6.07, 6.45) is 3.82. The monoisotopic (exact) mass is 454 g/mol. The Morgan fingerprint density at radius 3 is 2.33 bits per heavy atom. The first-order chi connectivity index (χ1) is 16.0. The summed E-state index contributed by atoms with van der Waals surface area (Å²) in [5.74, 6) is -0.0428. The van der Waals surface area contributed by atoms with E-state index in [1.165, 1.54) is 38.1 Å². The van der Waals surface area contributed by atoms with Gasteiger partial charge in [-0.3, -0.25) is 14.6 Å². The molecule has 0 aliphatic carbocycles. The van der Waals surface area contributed by atoms with Crippen LogP contribution in [0.1, 0.15) is 31.7 Å². The fourth-order valence-corrected chi connectivity index (χ4v) is 4.70. The zero-order chi connectivity index (χ0) is 23.2. The highest BCUT2D eigenvalue weighted by atomic mass is 19.1. The molecule has 7 heteroatoms. The normalized spacial score (nSPS) is 18.7. The molecule has 0 radical (unpaired) electrons. The van der Waals surface area contributed by atoms with Crippen molar-refractivity contribution >= 4 is 17.3 Å². The number of ether oxygens (including phenoxy) is 1. The Morgan fingerprint density at radius 1 is 1.00 bits per heavy atom. The number of nitrogens with one attached hydrogen (secondary N) is 1. The number of benzene rings is 2. The molecule has 0 unspecified atom stereocenters. The van der Waals surface area contributed by atoms with E-state index in [9.17, 15) is 9.18 Å². The van der Waals surface area contributed by atoms with Gasteiger partial charge in [0.15, 0.2) is 11.6 Å². The van der Waals surface area contributed by atoms with E-state index in [-0.39, 0.29) is 23.5 Å². The predicted molar refractivity (Wildman–Crippen MR) is 130 cm³/mol. The van der Waals surface area contributed by atoms with Crippen molar-refractivity contribution in [1.29, 1.82) is 0 Å². The number of amides is 1. The number of anilines is 2. The molecule has 0 bridgehead atoms. The molecule has 2 aromatic rings. The zero-order valence-corrected chi connectivity index (χ0v) is 19.7. The second-order valence-electron chi connectivity index (χ2n) is 9.04. The van der Waals surface area contributed by atoms with Crippen molar-refractivity contribution in [1.82, 2.24) is 9.80 Å². The van der Waals surface area contributed by atoms with Gasteiger partial charge in [0.1, 0.15) is 0 Å². The molecule has 0 spiro atoms. The highest BCUT2D eigenvalue weighted by molar-refractivity contribution is 5.94. The molecule has 2 aliphatic rings. The average molecular weight is 455 g/mol. The first-order valence-electron chi connectivity index (χ1n) is 12.0. The van der Waals surface area contributed by atoms with E-state index in [1.54, 1.807) is 6.07 Å². The summed E-state index contributed by atoms with van der Waals surface area (Å²) in [7, 11) is 1.47. The minimum absolute atomic E-state index is 0.0198. The van der Waals surface area contributed by atoms with Gasteiger partial charge in [0.25, 0.3) is 0 Å². The molecular weight excluding hydrogens is 419 g/mol. The summed E-state index contributed by atoms with van der Waals surface area (Å²) in [5.41, 5.74) is 3.00. The van der Waals surface area contributed by atoms with E-state index < -0.39 is 0 Å². The average Bonchev–Trinajstić information content (AvgIpc) is 2.85. The van der Waals surface area contributed by atoms with Crippen LogP contribution >= 0.6 is 0 Å². The Hall–Kier alpha value is -2.64. The standard InChI is InChI=1S/C26H35FN4O2/c1-20(26(32)28-22-7-9-23(10-8-22)31-12-4-3-5-13-31)30-16-14-29(15-17-30)19-21-6-11-25(33-2)24(27)18-21/h6-11,18,20H,3-5,12-17,19H2,1-2H3,(H,28,32)/t20-/m1/s1. The summed E-state index contributed by atoms with van der Waals surface area (Å²) in [5, 5.41) is 3.07. The molecule has 2 fully saturated rings. The largest absolute Gasteiger partial charge is 0.494 e. The van der Waals surface area contributed by atoms with Gasteiger partial charge in [-0.25, -0.2) is 4.39 Å². The van der Waals surface area contributed by atoms with Gasteiger partial charge in [-0.2, -0.15) is 0 Å². The van der Waals surface area contributed by atoms with Crippen LogP contribution in [0.25, 0.3) is 0 Å². The zero-order valence-electron chi connectivity index (χ0n) is 19.7. The van der Waals surface area contributed by atoms with E-state index in [2.05, 4.69) is 32.1 Å². The Bertz CT molecular complexity index is 922. The number of hydrogen-bond acceptors (Lipinski definition) is 5. The lowest BCUT2D eigenvalue weighted by Gasteiger charge is -2.37. The van der Waals surface area contributed by atoms with Gasteiger partial charge >= 0.3 is 0 Å². The van der Waals surface area contributed by atoms with Crippen LogP contribution in [0.4, 0.5) is 15.8 Å². The van der Waals surface area contributed by atoms with Crippen molar-refractivity contribution in [2.75, 3.05) is 56.6 Å². The number of piperazine rings is 1. The first kappa shape index (κ1) is 23.5. The lowest BCUT2D eigenvalue weighted by atomic mass is 10.1. The minimum Gasteiger partial charge on any atom is -0.494 e. The maximum Gasteiger partial charge on any atom is 0.241 e. The highest BCUT2D eigenvalue weighted by Gasteiger charge is 2.26. The smallest absolute Gasteiger partial charge is 0.241 e. The van der Waals surface area contributed by atoms with Crippen molar-refractivity contribution < 1.29 is 13.9 Å². The van der Waals surface area contributed by atoms with Crippen LogP contribution in [0.3, 0.4) is 0 Å². The quantitative estimate of drug-likeness (QED) is 0.686. The molecule has 2 aromatic carbocycles. The van der Waals surface area contributed by atoms with Crippen LogP contribution < -0.4 is 15.0 Å².